The van der Waals surface area contributed by atoms with Gasteiger partial charge in [-0.3, -0.25) is 0 Å². The van der Waals surface area contributed by atoms with Gasteiger partial charge in [0.05, 0.1) is 0 Å². The molecule has 1 aromatic carbocycles. The van der Waals surface area contributed by atoms with E-state index in [0.717, 1.165) is 12.1 Å². The Labute approximate surface area is 110 Å². The van der Waals surface area contributed by atoms with E-state index in [2.05, 4.69) is 23.6 Å². The fraction of sp³-hybridized carbons (Fsp3) is 0.500. The van der Waals surface area contributed by atoms with Crippen molar-refractivity contribution in [3.05, 3.63) is 36.4 Å². The molecular formula is C16H24N2. The molecule has 0 saturated heterocycles. The molecule has 0 unspecified atom stereocenters. The number of anilines is 2. The van der Waals surface area contributed by atoms with Crippen LogP contribution in [0.4, 0.5) is 11.4 Å². The SMILES string of the molecule is C=CCCCCCN1CCCc2cc(N)ccc21. The van der Waals surface area contributed by atoms with Gasteiger partial charge in [-0.1, -0.05) is 12.5 Å². The Morgan fingerprint density at radius 3 is 3.00 bits per heavy atom. The summed E-state index contributed by atoms with van der Waals surface area (Å²) in [5.41, 5.74) is 9.57. The molecule has 0 fully saturated rings. The van der Waals surface area contributed by atoms with Crippen molar-refractivity contribution in [2.45, 2.75) is 38.5 Å². The molecule has 2 rings (SSSR count). The summed E-state index contributed by atoms with van der Waals surface area (Å²) in [5, 5.41) is 0. The lowest BCUT2D eigenvalue weighted by atomic mass is 10.0. The van der Waals surface area contributed by atoms with Crippen molar-refractivity contribution in [3.8, 4) is 0 Å². The van der Waals surface area contributed by atoms with E-state index in [1.807, 2.05) is 12.1 Å². The predicted molar refractivity (Wildman–Crippen MR) is 80.1 cm³/mol. The molecule has 1 aliphatic rings. The van der Waals surface area contributed by atoms with Gasteiger partial charge in [0, 0.05) is 24.5 Å². The van der Waals surface area contributed by atoms with Gasteiger partial charge in [-0.15, -0.1) is 6.58 Å². The number of aryl methyl sites for hydroxylation is 1. The van der Waals surface area contributed by atoms with Crippen molar-refractivity contribution in [2.24, 2.45) is 0 Å². The Balaban J connectivity index is 1.89. The van der Waals surface area contributed by atoms with E-state index in [4.69, 9.17) is 5.73 Å². The van der Waals surface area contributed by atoms with E-state index in [0.29, 0.717) is 0 Å². The Morgan fingerprint density at radius 2 is 2.17 bits per heavy atom. The lowest BCUT2D eigenvalue weighted by Crippen LogP contribution is -2.30. The molecule has 98 valence electrons. The van der Waals surface area contributed by atoms with Crippen molar-refractivity contribution < 1.29 is 0 Å². The molecule has 0 radical (unpaired) electrons. The molecule has 0 spiro atoms. The van der Waals surface area contributed by atoms with E-state index < -0.39 is 0 Å². The molecule has 0 bridgehead atoms. The number of fused-ring (bicyclic) bond motifs is 1. The van der Waals surface area contributed by atoms with E-state index in [9.17, 15) is 0 Å². The minimum atomic E-state index is 0.890. The molecule has 0 atom stereocenters. The highest BCUT2D eigenvalue weighted by Gasteiger charge is 2.15. The fourth-order valence-corrected chi connectivity index (χ4v) is 2.70. The summed E-state index contributed by atoms with van der Waals surface area (Å²) in [7, 11) is 0. The summed E-state index contributed by atoms with van der Waals surface area (Å²) in [6.45, 7) is 6.13. The minimum absolute atomic E-state index is 0.890. The number of unbranched alkanes of at least 4 members (excludes halogenated alkanes) is 3. The first kappa shape index (κ1) is 13.0. The quantitative estimate of drug-likeness (QED) is 0.469. The molecule has 1 aliphatic heterocycles. The van der Waals surface area contributed by atoms with Crippen LogP contribution in [0.1, 0.15) is 37.7 Å². The maximum Gasteiger partial charge on any atom is 0.0400 e. The first-order valence-corrected chi connectivity index (χ1v) is 7.05. The second-order valence-corrected chi connectivity index (χ2v) is 5.12. The fourth-order valence-electron chi connectivity index (χ4n) is 2.70. The van der Waals surface area contributed by atoms with Crippen LogP contribution in [0.5, 0.6) is 0 Å². The lowest BCUT2D eigenvalue weighted by Gasteiger charge is -2.31. The van der Waals surface area contributed by atoms with Crippen LogP contribution in [0.3, 0.4) is 0 Å². The van der Waals surface area contributed by atoms with E-state index in [1.165, 1.54) is 56.4 Å². The highest BCUT2D eigenvalue weighted by molar-refractivity contribution is 5.61. The van der Waals surface area contributed by atoms with Crippen LogP contribution in [0.15, 0.2) is 30.9 Å². The maximum absolute atomic E-state index is 5.85. The summed E-state index contributed by atoms with van der Waals surface area (Å²) < 4.78 is 0. The third-order valence-electron chi connectivity index (χ3n) is 3.65. The van der Waals surface area contributed by atoms with E-state index >= 15 is 0 Å². The van der Waals surface area contributed by atoms with Gasteiger partial charge in [0.1, 0.15) is 0 Å². The summed E-state index contributed by atoms with van der Waals surface area (Å²) in [4.78, 5) is 2.52. The number of nitrogens with two attached hydrogens (primary N) is 1. The topological polar surface area (TPSA) is 29.3 Å². The number of nitrogens with zero attached hydrogens (tertiary/aromatic N) is 1. The normalized spacial score (nSPS) is 14.3. The second-order valence-electron chi connectivity index (χ2n) is 5.12. The Bertz CT molecular complexity index is 398. The van der Waals surface area contributed by atoms with Crippen LogP contribution in [0.2, 0.25) is 0 Å². The average molecular weight is 244 g/mol. The van der Waals surface area contributed by atoms with Gasteiger partial charge >= 0.3 is 0 Å². The number of nitrogen functional groups attached to an aromatic ring is 1. The molecule has 1 aromatic rings. The second kappa shape index (κ2) is 6.48. The van der Waals surface area contributed by atoms with Crippen molar-refractivity contribution in [1.82, 2.24) is 0 Å². The van der Waals surface area contributed by atoms with Crippen molar-refractivity contribution in [1.29, 1.82) is 0 Å². The molecule has 18 heavy (non-hydrogen) atoms. The minimum Gasteiger partial charge on any atom is -0.399 e. The van der Waals surface area contributed by atoms with Crippen LogP contribution in [0.25, 0.3) is 0 Å². The Hall–Kier alpha value is -1.44. The number of rotatable bonds is 6. The largest absolute Gasteiger partial charge is 0.399 e. The zero-order valence-corrected chi connectivity index (χ0v) is 11.2. The van der Waals surface area contributed by atoms with Crippen molar-refractivity contribution in [3.63, 3.8) is 0 Å². The lowest BCUT2D eigenvalue weighted by molar-refractivity contribution is 0.627. The number of benzene rings is 1. The Kier molecular flexibility index (Phi) is 4.68. The molecule has 2 heteroatoms. The smallest absolute Gasteiger partial charge is 0.0400 e. The molecule has 0 aliphatic carbocycles. The Morgan fingerprint density at radius 1 is 1.28 bits per heavy atom. The molecule has 2 N–H and O–H groups in total. The third kappa shape index (κ3) is 3.28. The van der Waals surface area contributed by atoms with Crippen LogP contribution in [-0.2, 0) is 6.42 Å². The molecule has 0 amide bonds. The molecule has 0 saturated carbocycles. The summed E-state index contributed by atoms with van der Waals surface area (Å²) in [6.07, 6.45) is 9.43. The molecule has 0 aromatic heterocycles. The van der Waals surface area contributed by atoms with Crippen molar-refractivity contribution >= 4 is 11.4 Å². The summed E-state index contributed by atoms with van der Waals surface area (Å²) in [5.74, 6) is 0. The van der Waals surface area contributed by atoms with Crippen LogP contribution in [0, 0.1) is 0 Å². The molecular weight excluding hydrogens is 220 g/mol. The van der Waals surface area contributed by atoms with E-state index in [-0.39, 0.29) is 0 Å². The summed E-state index contributed by atoms with van der Waals surface area (Å²) >= 11 is 0. The predicted octanol–water partition coefficient (Wildman–Crippen LogP) is 3.77. The summed E-state index contributed by atoms with van der Waals surface area (Å²) in [6, 6.07) is 6.35. The number of allylic oxidation sites excluding steroid dienone is 1. The number of hydrogen-bond donors (Lipinski definition) is 1. The highest BCUT2D eigenvalue weighted by Crippen LogP contribution is 2.29. The zero-order valence-electron chi connectivity index (χ0n) is 11.2. The van der Waals surface area contributed by atoms with Gasteiger partial charge in [0.25, 0.3) is 0 Å². The van der Waals surface area contributed by atoms with Gasteiger partial charge in [0.15, 0.2) is 0 Å². The first-order valence-electron chi connectivity index (χ1n) is 7.05. The van der Waals surface area contributed by atoms with Gasteiger partial charge in [0.2, 0.25) is 0 Å². The average Bonchev–Trinajstić information content (AvgIpc) is 2.38. The van der Waals surface area contributed by atoms with Gasteiger partial charge in [-0.2, -0.15) is 0 Å². The maximum atomic E-state index is 5.85. The van der Waals surface area contributed by atoms with Crippen LogP contribution in [-0.4, -0.2) is 13.1 Å². The standard InChI is InChI=1S/C16H24N2/c1-2-3-4-5-6-11-18-12-7-8-14-13-15(17)9-10-16(14)18/h2,9-10,13H,1,3-8,11-12,17H2. The van der Waals surface area contributed by atoms with Gasteiger partial charge < -0.3 is 10.6 Å². The van der Waals surface area contributed by atoms with E-state index in [1.54, 1.807) is 0 Å². The van der Waals surface area contributed by atoms with Crippen LogP contribution < -0.4 is 10.6 Å². The van der Waals surface area contributed by atoms with Crippen molar-refractivity contribution in [2.75, 3.05) is 23.7 Å². The van der Waals surface area contributed by atoms with Gasteiger partial charge in [-0.25, -0.2) is 0 Å². The monoisotopic (exact) mass is 244 g/mol. The molecule has 2 nitrogen and oxygen atoms in total. The van der Waals surface area contributed by atoms with Crippen LogP contribution >= 0.6 is 0 Å². The molecule has 1 heterocycles. The first-order chi connectivity index (χ1) is 8.81. The number of hydrogen-bond acceptors (Lipinski definition) is 2. The third-order valence-corrected chi connectivity index (χ3v) is 3.65. The zero-order chi connectivity index (χ0) is 12.8. The van der Waals surface area contributed by atoms with Gasteiger partial charge in [-0.05, 0) is 55.9 Å². The highest BCUT2D eigenvalue weighted by atomic mass is 15.1.